The van der Waals surface area contributed by atoms with Crippen LogP contribution in [-0.2, 0) is 4.74 Å². The Labute approximate surface area is 186 Å². The average Bonchev–Trinajstić information content (AvgIpc) is 2.72. The van der Waals surface area contributed by atoms with Crippen LogP contribution in [0, 0.1) is 11.8 Å². The molecule has 0 aromatic carbocycles. The minimum Gasteiger partial charge on any atom is -0.381 e. The minimum atomic E-state index is 0.809. The first-order chi connectivity index (χ1) is 14.3. The lowest BCUT2D eigenvalue weighted by Gasteiger charge is -2.21. The normalized spacial score (nSPS) is 13.7. The van der Waals surface area contributed by atoms with Crippen molar-refractivity contribution >= 4 is 0 Å². The zero-order valence-corrected chi connectivity index (χ0v) is 21.1. The predicted molar refractivity (Wildman–Crippen MR) is 133 cm³/mol. The summed E-state index contributed by atoms with van der Waals surface area (Å²) in [6.07, 6.45) is 27.9. The zero-order valence-electron chi connectivity index (χ0n) is 21.1. The summed E-state index contributed by atoms with van der Waals surface area (Å²) in [5, 5.41) is 0. The largest absolute Gasteiger partial charge is 0.381 e. The summed E-state index contributed by atoms with van der Waals surface area (Å²) in [5.41, 5.74) is 0. The highest BCUT2D eigenvalue weighted by atomic mass is 16.5. The van der Waals surface area contributed by atoms with Crippen molar-refractivity contribution in [1.29, 1.82) is 0 Å². The van der Waals surface area contributed by atoms with Gasteiger partial charge in [-0.1, -0.05) is 130 Å². The van der Waals surface area contributed by atoms with E-state index in [1.165, 1.54) is 128 Å². The number of hydrogen-bond donors (Lipinski definition) is 0. The van der Waals surface area contributed by atoms with Gasteiger partial charge in [0.05, 0.1) is 0 Å². The van der Waals surface area contributed by atoms with Crippen molar-refractivity contribution in [3.63, 3.8) is 0 Å². The lowest BCUT2D eigenvalue weighted by molar-refractivity contribution is 0.0587. The van der Waals surface area contributed by atoms with Gasteiger partial charge in [-0.15, -0.1) is 0 Å². The second-order valence-corrected chi connectivity index (χ2v) is 9.67. The molecular formula is C28H58O. The van der Waals surface area contributed by atoms with Crippen molar-refractivity contribution in [3.8, 4) is 0 Å². The van der Waals surface area contributed by atoms with Gasteiger partial charge in [-0.2, -0.15) is 0 Å². The average molecular weight is 411 g/mol. The SMILES string of the molecule is CCCCCCCC(CCCCC)COCC(CCCCC)CCCCCCC. The molecular weight excluding hydrogens is 352 g/mol. The fourth-order valence-electron chi connectivity index (χ4n) is 4.46. The first-order valence-corrected chi connectivity index (χ1v) is 13.9. The maximum atomic E-state index is 6.38. The standard InChI is InChI=1S/C28H58O/c1-5-9-13-15-19-23-27(21-17-11-7-3)25-29-26-28(22-18-12-8-4)24-20-16-14-10-6-2/h27-28H,5-26H2,1-4H3. The van der Waals surface area contributed by atoms with Crippen LogP contribution in [0.1, 0.15) is 156 Å². The molecule has 176 valence electrons. The van der Waals surface area contributed by atoms with Gasteiger partial charge in [-0.25, -0.2) is 0 Å². The Morgan fingerprint density at radius 1 is 0.379 bits per heavy atom. The first-order valence-electron chi connectivity index (χ1n) is 13.9. The fourth-order valence-corrected chi connectivity index (χ4v) is 4.46. The second-order valence-electron chi connectivity index (χ2n) is 9.67. The molecule has 0 aliphatic heterocycles. The van der Waals surface area contributed by atoms with Crippen molar-refractivity contribution in [2.45, 2.75) is 156 Å². The molecule has 1 nitrogen and oxygen atoms in total. The van der Waals surface area contributed by atoms with Gasteiger partial charge in [0.15, 0.2) is 0 Å². The molecule has 0 heterocycles. The van der Waals surface area contributed by atoms with Crippen molar-refractivity contribution in [1.82, 2.24) is 0 Å². The molecule has 0 aliphatic carbocycles. The van der Waals surface area contributed by atoms with E-state index in [2.05, 4.69) is 27.7 Å². The molecule has 2 atom stereocenters. The number of hydrogen-bond acceptors (Lipinski definition) is 1. The molecule has 1 heteroatoms. The van der Waals surface area contributed by atoms with Gasteiger partial charge in [-0.3, -0.25) is 0 Å². The molecule has 0 amide bonds. The Morgan fingerprint density at radius 2 is 0.655 bits per heavy atom. The van der Waals surface area contributed by atoms with E-state index in [4.69, 9.17) is 4.74 Å². The third kappa shape index (κ3) is 21.0. The molecule has 0 aliphatic rings. The summed E-state index contributed by atoms with van der Waals surface area (Å²) in [6, 6.07) is 0. The van der Waals surface area contributed by atoms with E-state index >= 15 is 0 Å². The molecule has 0 spiro atoms. The molecule has 0 rings (SSSR count). The third-order valence-electron chi connectivity index (χ3n) is 6.57. The van der Waals surface area contributed by atoms with Crippen LogP contribution in [0.5, 0.6) is 0 Å². The van der Waals surface area contributed by atoms with E-state index in [0.717, 1.165) is 25.0 Å². The predicted octanol–water partition coefficient (Wildman–Crippen LogP) is 10.1. The molecule has 0 fully saturated rings. The van der Waals surface area contributed by atoms with Gasteiger partial charge in [-0.05, 0) is 37.5 Å². The zero-order chi connectivity index (χ0) is 21.4. The Kier molecular flexibility index (Phi) is 24.2. The Hall–Kier alpha value is -0.0400. The van der Waals surface area contributed by atoms with E-state index in [1.807, 2.05) is 0 Å². The van der Waals surface area contributed by atoms with E-state index in [-0.39, 0.29) is 0 Å². The molecule has 2 unspecified atom stereocenters. The summed E-state index contributed by atoms with van der Waals surface area (Å²) in [4.78, 5) is 0. The van der Waals surface area contributed by atoms with Crippen LogP contribution in [0.2, 0.25) is 0 Å². The Morgan fingerprint density at radius 3 is 1.00 bits per heavy atom. The highest BCUT2D eigenvalue weighted by Gasteiger charge is 2.13. The van der Waals surface area contributed by atoms with Crippen molar-refractivity contribution in [2.75, 3.05) is 13.2 Å². The van der Waals surface area contributed by atoms with Crippen LogP contribution in [0.3, 0.4) is 0 Å². The summed E-state index contributed by atoms with van der Waals surface area (Å²) >= 11 is 0. The van der Waals surface area contributed by atoms with Crippen molar-refractivity contribution in [2.24, 2.45) is 11.8 Å². The number of ether oxygens (including phenoxy) is 1. The monoisotopic (exact) mass is 410 g/mol. The molecule has 0 radical (unpaired) electrons. The smallest absolute Gasteiger partial charge is 0.0494 e. The van der Waals surface area contributed by atoms with Crippen LogP contribution in [0.4, 0.5) is 0 Å². The second kappa shape index (κ2) is 24.2. The van der Waals surface area contributed by atoms with Crippen LogP contribution in [0.15, 0.2) is 0 Å². The maximum Gasteiger partial charge on any atom is 0.0494 e. The molecule has 0 N–H and O–H groups in total. The molecule has 0 aromatic heterocycles. The van der Waals surface area contributed by atoms with Crippen molar-refractivity contribution in [3.05, 3.63) is 0 Å². The summed E-state index contributed by atoms with van der Waals surface area (Å²) in [5.74, 6) is 1.62. The topological polar surface area (TPSA) is 9.23 Å². The highest BCUT2D eigenvalue weighted by Crippen LogP contribution is 2.22. The van der Waals surface area contributed by atoms with E-state index < -0.39 is 0 Å². The van der Waals surface area contributed by atoms with Gasteiger partial charge in [0.1, 0.15) is 0 Å². The molecule has 0 bridgehead atoms. The Bertz CT molecular complexity index is 260. The van der Waals surface area contributed by atoms with Crippen molar-refractivity contribution < 1.29 is 4.74 Å². The number of unbranched alkanes of at least 4 members (excludes halogenated alkanes) is 12. The highest BCUT2D eigenvalue weighted by molar-refractivity contribution is 4.63. The summed E-state index contributed by atoms with van der Waals surface area (Å²) in [6.45, 7) is 11.3. The Balaban J connectivity index is 4.20. The number of rotatable bonds is 24. The molecule has 0 saturated carbocycles. The van der Waals surface area contributed by atoms with Crippen LogP contribution < -0.4 is 0 Å². The van der Waals surface area contributed by atoms with Gasteiger partial charge < -0.3 is 4.74 Å². The van der Waals surface area contributed by atoms with Crippen LogP contribution in [-0.4, -0.2) is 13.2 Å². The van der Waals surface area contributed by atoms with E-state index in [9.17, 15) is 0 Å². The summed E-state index contributed by atoms with van der Waals surface area (Å²) in [7, 11) is 0. The fraction of sp³-hybridized carbons (Fsp3) is 1.00. The van der Waals surface area contributed by atoms with E-state index in [0.29, 0.717) is 0 Å². The third-order valence-corrected chi connectivity index (χ3v) is 6.57. The van der Waals surface area contributed by atoms with Gasteiger partial charge in [0, 0.05) is 13.2 Å². The molecule has 0 aromatic rings. The first kappa shape index (κ1) is 29.0. The minimum absolute atomic E-state index is 0.809. The van der Waals surface area contributed by atoms with Gasteiger partial charge >= 0.3 is 0 Å². The lowest BCUT2D eigenvalue weighted by atomic mass is 9.94. The van der Waals surface area contributed by atoms with Gasteiger partial charge in [0.25, 0.3) is 0 Å². The van der Waals surface area contributed by atoms with E-state index in [1.54, 1.807) is 0 Å². The molecule has 29 heavy (non-hydrogen) atoms. The molecule has 0 saturated heterocycles. The van der Waals surface area contributed by atoms with Crippen LogP contribution >= 0.6 is 0 Å². The quantitative estimate of drug-likeness (QED) is 0.144. The summed E-state index contributed by atoms with van der Waals surface area (Å²) < 4.78 is 6.38. The lowest BCUT2D eigenvalue weighted by Crippen LogP contribution is -2.16. The maximum absolute atomic E-state index is 6.38. The van der Waals surface area contributed by atoms with Crippen LogP contribution in [0.25, 0.3) is 0 Å². The van der Waals surface area contributed by atoms with Gasteiger partial charge in [0.2, 0.25) is 0 Å².